The van der Waals surface area contributed by atoms with Crippen LogP contribution in [-0.4, -0.2) is 103 Å². The number of carbonyl (C=O) groups is 2. The summed E-state index contributed by atoms with van der Waals surface area (Å²) in [6, 6.07) is 20.6. The molecule has 4 aliphatic rings. The predicted octanol–water partition coefficient (Wildman–Crippen LogP) is 8.60. The smallest absolute Gasteiger partial charge is 0.410 e. The number of urea groups is 1. The SMILES string of the molecule is O=C(Nc1ccnnc1)N1CCC(C2(S(=O)(=O)c3ccc(OC(F)(F)F)cc3)CC2)CC1.O=C(Nc1ccnnc1)Oc1ccccc1.O=S(=O)(c1ccc(OC(F)(F)F)cc1)C1(C2CCNCC2)CC1. The highest BCUT2D eigenvalue weighted by atomic mass is 32.2. The largest absolute Gasteiger partial charge is 0.573 e. The molecule has 0 spiro atoms. The van der Waals surface area contributed by atoms with Crippen molar-refractivity contribution in [3.8, 4) is 17.2 Å². The Morgan fingerprint density at radius 2 is 1.01 bits per heavy atom. The second kappa shape index (κ2) is 21.8. The van der Waals surface area contributed by atoms with Crippen molar-refractivity contribution >= 4 is 43.2 Å². The molecular weight excluding hydrogens is 987 g/mol. The molecule has 380 valence electrons. The topological polar surface area (TPSA) is 221 Å². The van der Waals surface area contributed by atoms with Gasteiger partial charge in [-0.1, -0.05) is 18.2 Å². The van der Waals surface area contributed by atoms with E-state index in [9.17, 15) is 52.8 Å². The van der Waals surface area contributed by atoms with E-state index in [0.29, 0.717) is 68.7 Å². The van der Waals surface area contributed by atoms with Crippen molar-refractivity contribution < 1.29 is 67.0 Å². The molecular formula is C46H48F6N8O9S2. The number of para-hydroxylation sites is 1. The number of aromatic nitrogens is 4. The normalized spacial score (nSPS) is 17.7. The molecule has 2 aliphatic heterocycles. The van der Waals surface area contributed by atoms with Crippen LogP contribution in [0.15, 0.2) is 126 Å². The van der Waals surface area contributed by atoms with Crippen LogP contribution in [0.25, 0.3) is 0 Å². The van der Waals surface area contributed by atoms with E-state index in [4.69, 9.17) is 4.74 Å². The van der Waals surface area contributed by atoms with E-state index in [0.717, 1.165) is 62.3 Å². The monoisotopic (exact) mass is 1030 g/mol. The third kappa shape index (κ3) is 13.4. The van der Waals surface area contributed by atoms with Gasteiger partial charge in [0.2, 0.25) is 0 Å². The van der Waals surface area contributed by atoms with Crippen LogP contribution in [0.3, 0.4) is 0 Å². The van der Waals surface area contributed by atoms with Crippen molar-refractivity contribution in [3.63, 3.8) is 0 Å². The van der Waals surface area contributed by atoms with Crippen molar-refractivity contribution in [2.24, 2.45) is 11.8 Å². The molecule has 5 aromatic rings. The Balaban J connectivity index is 0.000000166. The Morgan fingerprint density at radius 3 is 1.42 bits per heavy atom. The molecule has 25 heteroatoms. The van der Waals surface area contributed by atoms with Gasteiger partial charge >= 0.3 is 24.8 Å². The summed E-state index contributed by atoms with van der Waals surface area (Å²) in [4.78, 5) is 25.5. The maximum Gasteiger partial charge on any atom is 0.573 e. The van der Waals surface area contributed by atoms with Gasteiger partial charge in [-0.25, -0.2) is 26.4 Å². The van der Waals surface area contributed by atoms with E-state index in [2.05, 4.69) is 45.8 Å². The van der Waals surface area contributed by atoms with Gasteiger partial charge in [-0.2, -0.15) is 20.4 Å². The van der Waals surface area contributed by atoms with Gasteiger partial charge in [-0.15, -0.1) is 26.3 Å². The first kappa shape index (κ1) is 52.2. The summed E-state index contributed by atoms with van der Waals surface area (Å²) < 4.78 is 137. The van der Waals surface area contributed by atoms with Crippen LogP contribution in [0.1, 0.15) is 51.4 Å². The highest BCUT2D eigenvalue weighted by molar-refractivity contribution is 7.93. The predicted molar refractivity (Wildman–Crippen MR) is 244 cm³/mol. The number of amides is 3. The van der Waals surface area contributed by atoms with E-state index in [1.807, 2.05) is 6.07 Å². The summed E-state index contributed by atoms with van der Waals surface area (Å²) >= 11 is 0. The molecule has 17 nitrogen and oxygen atoms in total. The summed E-state index contributed by atoms with van der Waals surface area (Å²) in [5, 5.41) is 23.0. The quantitative estimate of drug-likeness (QED) is 0.106. The number of hydrogen-bond acceptors (Lipinski definition) is 14. The van der Waals surface area contributed by atoms with E-state index in [1.165, 1.54) is 36.9 Å². The maximum atomic E-state index is 13.3. The number of anilines is 2. The number of nitrogens with one attached hydrogen (secondary N) is 3. The summed E-state index contributed by atoms with van der Waals surface area (Å²) in [5.74, 6) is -0.416. The maximum absolute atomic E-state index is 13.3. The highest BCUT2D eigenvalue weighted by Gasteiger charge is 2.61. The lowest BCUT2D eigenvalue weighted by Crippen LogP contribution is -2.45. The molecule has 2 saturated heterocycles. The standard InChI is InChI=1S/C20H21F3N4O4S.C15H18F3NO3S.C11H9N3O2/c21-20(22,23)31-16-1-3-17(4-2-16)32(29,30)19(8-9-19)14-6-11-27(12-7-14)18(28)26-15-5-10-24-25-13-15;16-15(17,18)22-12-1-3-13(4-2-12)23(20,21)14(7-8-14)11-5-9-19-10-6-11;15-11(14-9-6-7-12-13-8-9)16-10-4-2-1-3-5-10/h1-5,10,13-14H,6-9,11-12H2,(H,24,26,28);1-4,11,19H,5-10H2;1-8H,(H,12,14,15). The van der Waals surface area contributed by atoms with Gasteiger partial charge in [0.15, 0.2) is 19.7 Å². The van der Waals surface area contributed by atoms with Crippen molar-refractivity contribution in [3.05, 3.63) is 116 Å². The van der Waals surface area contributed by atoms with Crippen LogP contribution >= 0.6 is 0 Å². The number of sulfone groups is 2. The Labute approximate surface area is 404 Å². The lowest BCUT2D eigenvalue weighted by molar-refractivity contribution is -0.275. The van der Waals surface area contributed by atoms with Crippen molar-refractivity contribution in [2.75, 3.05) is 36.8 Å². The molecule has 9 rings (SSSR count). The molecule has 4 fully saturated rings. The van der Waals surface area contributed by atoms with E-state index in [-0.39, 0.29) is 27.7 Å². The van der Waals surface area contributed by atoms with Crippen molar-refractivity contribution in [1.82, 2.24) is 30.6 Å². The third-order valence-electron chi connectivity index (χ3n) is 12.5. The number of ether oxygens (including phenoxy) is 3. The average Bonchev–Trinajstić information content (AvgIpc) is 4.29. The van der Waals surface area contributed by atoms with Gasteiger partial charge < -0.3 is 29.7 Å². The van der Waals surface area contributed by atoms with Crippen LogP contribution in [-0.2, 0) is 19.7 Å². The van der Waals surface area contributed by atoms with Gasteiger partial charge in [-0.3, -0.25) is 5.32 Å². The highest BCUT2D eigenvalue weighted by Crippen LogP contribution is 2.56. The molecule has 3 amide bonds. The van der Waals surface area contributed by atoms with Gasteiger partial charge in [-0.05, 0) is 149 Å². The summed E-state index contributed by atoms with van der Waals surface area (Å²) in [5.41, 5.74) is 1.06. The molecule has 71 heavy (non-hydrogen) atoms. The second-order valence-corrected chi connectivity index (χ2v) is 21.6. The molecule has 0 bridgehead atoms. The summed E-state index contributed by atoms with van der Waals surface area (Å²) in [7, 11) is -7.30. The van der Waals surface area contributed by atoms with Crippen LogP contribution in [0, 0.1) is 11.8 Å². The first-order valence-corrected chi connectivity index (χ1v) is 25.2. The fraction of sp³-hybridized carbons (Fsp3) is 0.391. The van der Waals surface area contributed by atoms with Crippen LogP contribution in [0.4, 0.5) is 47.3 Å². The number of nitrogens with zero attached hydrogens (tertiary/aromatic N) is 5. The van der Waals surface area contributed by atoms with E-state index in [1.54, 1.807) is 41.3 Å². The number of hydrogen-bond donors (Lipinski definition) is 3. The Hall–Kier alpha value is -6.60. The minimum Gasteiger partial charge on any atom is -0.410 e. The molecule has 4 heterocycles. The first-order valence-electron chi connectivity index (χ1n) is 22.2. The van der Waals surface area contributed by atoms with Crippen LogP contribution in [0.5, 0.6) is 17.2 Å². The molecule has 3 N–H and O–H groups in total. The average molecular weight is 1040 g/mol. The van der Waals surface area contributed by atoms with Crippen molar-refractivity contribution in [2.45, 2.75) is 83.4 Å². The number of rotatable bonds is 11. The summed E-state index contributed by atoms with van der Waals surface area (Å²) in [6.45, 7) is 2.43. The van der Waals surface area contributed by atoms with Gasteiger partial charge in [0, 0.05) is 13.1 Å². The molecule has 0 radical (unpaired) electrons. The third-order valence-corrected chi connectivity index (χ3v) is 17.9. The molecule has 2 saturated carbocycles. The fourth-order valence-electron chi connectivity index (χ4n) is 8.78. The zero-order valence-electron chi connectivity index (χ0n) is 37.6. The minimum absolute atomic E-state index is 0.0186. The number of carbonyl (C=O) groups excluding carboxylic acids is 2. The number of likely N-dealkylation sites (tertiary alicyclic amines) is 1. The molecule has 2 aliphatic carbocycles. The lowest BCUT2D eigenvalue weighted by Gasteiger charge is -2.36. The summed E-state index contributed by atoms with van der Waals surface area (Å²) in [6.07, 6.45) is 0.554. The number of piperidine rings is 2. The Kier molecular flexibility index (Phi) is 16.0. The van der Waals surface area contributed by atoms with Crippen LogP contribution in [0.2, 0.25) is 0 Å². The Morgan fingerprint density at radius 1 is 0.577 bits per heavy atom. The Bertz CT molecular complexity index is 2740. The van der Waals surface area contributed by atoms with E-state index >= 15 is 0 Å². The lowest BCUT2D eigenvalue weighted by atomic mass is 9.91. The second-order valence-electron chi connectivity index (χ2n) is 17.0. The molecule has 2 aromatic heterocycles. The van der Waals surface area contributed by atoms with Gasteiger partial charge in [0.05, 0.1) is 55.4 Å². The zero-order valence-corrected chi connectivity index (χ0v) is 39.2. The molecule has 0 unspecified atom stereocenters. The number of benzene rings is 3. The van der Waals surface area contributed by atoms with Gasteiger partial charge in [0.1, 0.15) is 17.2 Å². The number of alkyl halides is 6. The molecule has 3 aromatic carbocycles. The van der Waals surface area contributed by atoms with Crippen LogP contribution < -0.4 is 30.2 Å². The fourth-order valence-corrected chi connectivity index (χ4v) is 13.3. The zero-order chi connectivity index (χ0) is 50.9. The van der Waals surface area contributed by atoms with Gasteiger partial charge in [0.25, 0.3) is 0 Å². The van der Waals surface area contributed by atoms with E-state index < -0.39 is 59.5 Å². The van der Waals surface area contributed by atoms with Crippen molar-refractivity contribution in [1.29, 1.82) is 0 Å². The minimum atomic E-state index is -4.84. The first-order chi connectivity index (χ1) is 33.7. The number of halogens is 6. The molecule has 0 atom stereocenters.